The second-order valence-corrected chi connectivity index (χ2v) is 5.98. The van der Waals surface area contributed by atoms with Gasteiger partial charge < -0.3 is 4.74 Å². The van der Waals surface area contributed by atoms with E-state index in [2.05, 4.69) is 25.7 Å². The van der Waals surface area contributed by atoms with Gasteiger partial charge >= 0.3 is 0 Å². The van der Waals surface area contributed by atoms with Gasteiger partial charge in [-0.1, -0.05) is 0 Å². The lowest BCUT2D eigenvalue weighted by atomic mass is 9.94. The molecule has 0 aromatic carbocycles. The smallest absolute Gasteiger partial charge is 0.115 e. The highest BCUT2D eigenvalue weighted by atomic mass is 19.1. The molecule has 0 aromatic heterocycles. The Morgan fingerprint density at radius 1 is 1.47 bits per heavy atom. The lowest BCUT2D eigenvalue weighted by molar-refractivity contribution is -0.0525. The number of hydrogen-bond acceptors (Lipinski definition) is 2. The molecule has 0 bridgehead atoms. The monoisotopic (exact) mass is 215 g/mol. The fourth-order valence-corrected chi connectivity index (χ4v) is 2.80. The predicted octanol–water partition coefficient (Wildman–Crippen LogP) is 2.38. The lowest BCUT2D eigenvalue weighted by Gasteiger charge is -2.34. The third-order valence-corrected chi connectivity index (χ3v) is 3.53. The van der Waals surface area contributed by atoms with Crippen molar-refractivity contribution in [1.82, 2.24) is 4.90 Å². The van der Waals surface area contributed by atoms with Crippen molar-refractivity contribution in [3.63, 3.8) is 0 Å². The van der Waals surface area contributed by atoms with E-state index in [1.807, 2.05) is 0 Å². The first-order chi connectivity index (χ1) is 6.91. The molecular weight excluding hydrogens is 193 g/mol. The fraction of sp³-hybridized carbons (Fsp3) is 1.00. The summed E-state index contributed by atoms with van der Waals surface area (Å²) < 4.78 is 19.3. The first-order valence-electron chi connectivity index (χ1n) is 5.94. The maximum absolute atomic E-state index is 13.4. The molecule has 2 unspecified atom stereocenters. The lowest BCUT2D eigenvalue weighted by Crippen LogP contribution is -2.44. The van der Waals surface area contributed by atoms with Gasteiger partial charge in [0.05, 0.1) is 12.2 Å². The number of hydrogen-bond donors (Lipinski definition) is 0. The van der Waals surface area contributed by atoms with E-state index in [4.69, 9.17) is 4.74 Å². The van der Waals surface area contributed by atoms with Crippen LogP contribution in [0.15, 0.2) is 0 Å². The van der Waals surface area contributed by atoms with E-state index in [9.17, 15) is 4.39 Å². The van der Waals surface area contributed by atoms with Gasteiger partial charge in [0.25, 0.3) is 0 Å². The minimum Gasteiger partial charge on any atom is -0.374 e. The number of rotatable bonds is 2. The fourth-order valence-electron chi connectivity index (χ4n) is 2.80. The molecule has 15 heavy (non-hydrogen) atoms. The average Bonchev–Trinajstić information content (AvgIpc) is 2.55. The van der Waals surface area contributed by atoms with Crippen molar-refractivity contribution in [2.24, 2.45) is 0 Å². The number of halogens is 1. The molecule has 2 fully saturated rings. The van der Waals surface area contributed by atoms with Crippen LogP contribution in [0.3, 0.4) is 0 Å². The summed E-state index contributed by atoms with van der Waals surface area (Å²) >= 11 is 0. The Labute approximate surface area is 91.8 Å². The third-order valence-electron chi connectivity index (χ3n) is 3.53. The van der Waals surface area contributed by atoms with E-state index < -0.39 is 6.17 Å². The predicted molar refractivity (Wildman–Crippen MR) is 58.8 cm³/mol. The van der Waals surface area contributed by atoms with Crippen LogP contribution in [0.25, 0.3) is 0 Å². The van der Waals surface area contributed by atoms with Crippen LogP contribution in [0.5, 0.6) is 0 Å². The van der Waals surface area contributed by atoms with Gasteiger partial charge in [0.15, 0.2) is 0 Å². The molecule has 88 valence electrons. The number of fused-ring (bicyclic) bond motifs is 1. The van der Waals surface area contributed by atoms with E-state index in [1.165, 1.54) is 6.42 Å². The summed E-state index contributed by atoms with van der Waals surface area (Å²) in [5.74, 6) is 0. The molecule has 2 atom stereocenters. The average molecular weight is 215 g/mol. The maximum atomic E-state index is 13.4. The van der Waals surface area contributed by atoms with Gasteiger partial charge in [0, 0.05) is 18.5 Å². The van der Waals surface area contributed by atoms with E-state index in [0.717, 1.165) is 13.0 Å². The van der Waals surface area contributed by atoms with E-state index in [-0.39, 0.29) is 11.1 Å². The Morgan fingerprint density at radius 3 is 2.87 bits per heavy atom. The Bertz CT molecular complexity index is 238. The Kier molecular flexibility index (Phi) is 2.80. The van der Waals surface area contributed by atoms with Gasteiger partial charge in [0.1, 0.15) is 6.17 Å². The van der Waals surface area contributed by atoms with Gasteiger partial charge in [0.2, 0.25) is 0 Å². The summed E-state index contributed by atoms with van der Waals surface area (Å²) in [7, 11) is 0. The normalized spacial score (nSPS) is 37.2. The molecular formula is C12H22FNO. The standard InChI is InChI=1S/C12H22FNO/c1-11(2,3)15-9-12-5-4-6-14(12)8-10(13)7-12/h10H,4-9H2,1-3H3. The van der Waals surface area contributed by atoms with Gasteiger partial charge in [-0.15, -0.1) is 0 Å². The van der Waals surface area contributed by atoms with Crippen molar-refractivity contribution < 1.29 is 9.13 Å². The second-order valence-electron chi connectivity index (χ2n) is 5.98. The highest BCUT2D eigenvalue weighted by molar-refractivity contribution is 5.03. The van der Waals surface area contributed by atoms with Gasteiger partial charge in [-0.05, 0) is 40.2 Å². The van der Waals surface area contributed by atoms with Crippen LogP contribution in [0, 0.1) is 0 Å². The quantitative estimate of drug-likeness (QED) is 0.701. The molecule has 2 nitrogen and oxygen atoms in total. The Balaban J connectivity index is 1.99. The van der Waals surface area contributed by atoms with Crippen molar-refractivity contribution in [2.45, 2.75) is 57.3 Å². The largest absolute Gasteiger partial charge is 0.374 e. The molecule has 0 spiro atoms. The summed E-state index contributed by atoms with van der Waals surface area (Å²) in [6, 6.07) is 0. The summed E-state index contributed by atoms with van der Waals surface area (Å²) in [4.78, 5) is 2.30. The SMILES string of the molecule is CC(C)(C)OCC12CCCN1CC(F)C2. The summed E-state index contributed by atoms with van der Waals surface area (Å²) in [5, 5.41) is 0. The van der Waals surface area contributed by atoms with Crippen molar-refractivity contribution >= 4 is 0 Å². The molecule has 0 amide bonds. The molecule has 2 saturated heterocycles. The molecule has 2 aliphatic heterocycles. The van der Waals surface area contributed by atoms with Gasteiger partial charge in [-0.25, -0.2) is 4.39 Å². The van der Waals surface area contributed by atoms with Crippen LogP contribution in [0.1, 0.15) is 40.0 Å². The second kappa shape index (κ2) is 3.70. The van der Waals surface area contributed by atoms with Crippen LogP contribution >= 0.6 is 0 Å². The first kappa shape index (κ1) is 11.3. The van der Waals surface area contributed by atoms with Crippen molar-refractivity contribution in [1.29, 1.82) is 0 Å². The van der Waals surface area contributed by atoms with E-state index in [0.29, 0.717) is 19.6 Å². The molecule has 2 heterocycles. The van der Waals surface area contributed by atoms with Crippen molar-refractivity contribution in [3.05, 3.63) is 0 Å². The highest BCUT2D eigenvalue weighted by Gasteiger charge is 2.49. The van der Waals surface area contributed by atoms with Gasteiger partial charge in [-0.2, -0.15) is 0 Å². The molecule has 0 radical (unpaired) electrons. The minimum absolute atomic E-state index is 0.0205. The third kappa shape index (κ3) is 2.34. The topological polar surface area (TPSA) is 12.5 Å². The zero-order chi connectivity index (χ0) is 11.1. The molecule has 0 aliphatic carbocycles. The zero-order valence-electron chi connectivity index (χ0n) is 10.1. The number of alkyl halides is 1. The maximum Gasteiger partial charge on any atom is 0.115 e. The summed E-state index contributed by atoms with van der Waals surface area (Å²) in [5.41, 5.74) is -0.0931. The van der Waals surface area contributed by atoms with Crippen LogP contribution in [0.4, 0.5) is 4.39 Å². The van der Waals surface area contributed by atoms with Crippen molar-refractivity contribution in [2.75, 3.05) is 19.7 Å². The molecule has 2 rings (SSSR count). The zero-order valence-corrected chi connectivity index (χ0v) is 10.1. The summed E-state index contributed by atoms with van der Waals surface area (Å²) in [6.45, 7) is 8.54. The molecule has 0 N–H and O–H groups in total. The van der Waals surface area contributed by atoms with E-state index in [1.54, 1.807) is 0 Å². The number of nitrogens with zero attached hydrogens (tertiary/aromatic N) is 1. The van der Waals surface area contributed by atoms with E-state index >= 15 is 0 Å². The molecule has 3 heteroatoms. The van der Waals surface area contributed by atoms with Crippen molar-refractivity contribution in [3.8, 4) is 0 Å². The minimum atomic E-state index is -0.645. The van der Waals surface area contributed by atoms with Crippen LogP contribution < -0.4 is 0 Å². The Hall–Kier alpha value is -0.150. The molecule has 2 aliphatic rings. The van der Waals surface area contributed by atoms with Crippen LogP contribution in [-0.4, -0.2) is 41.9 Å². The Morgan fingerprint density at radius 2 is 2.20 bits per heavy atom. The number of ether oxygens (including phenoxy) is 1. The molecule has 0 aromatic rings. The first-order valence-corrected chi connectivity index (χ1v) is 5.94. The highest BCUT2D eigenvalue weighted by Crippen LogP contribution is 2.40. The van der Waals surface area contributed by atoms with Crippen LogP contribution in [-0.2, 0) is 4.74 Å². The molecule has 0 saturated carbocycles. The van der Waals surface area contributed by atoms with Crippen LogP contribution in [0.2, 0.25) is 0 Å². The van der Waals surface area contributed by atoms with Gasteiger partial charge in [-0.3, -0.25) is 4.90 Å². The summed E-state index contributed by atoms with van der Waals surface area (Å²) in [6.07, 6.45) is 2.32.